The molecule has 164 valence electrons. The van der Waals surface area contributed by atoms with E-state index in [0.29, 0.717) is 32.8 Å². The number of ether oxygens (including phenoxy) is 1. The van der Waals surface area contributed by atoms with Gasteiger partial charge in [-0.05, 0) is 79.6 Å². The number of carbonyl (C=O) groups is 2. The van der Waals surface area contributed by atoms with Crippen molar-refractivity contribution in [1.29, 1.82) is 0 Å². The van der Waals surface area contributed by atoms with Gasteiger partial charge in [-0.3, -0.25) is 9.59 Å². The molecule has 0 fully saturated rings. The Hall–Kier alpha value is -3.35. The van der Waals surface area contributed by atoms with E-state index in [-0.39, 0.29) is 18.4 Å². The van der Waals surface area contributed by atoms with E-state index in [9.17, 15) is 9.59 Å². The third-order valence-corrected chi connectivity index (χ3v) is 5.00. The smallest absolute Gasteiger partial charge is 0.277 e. The zero-order valence-electron chi connectivity index (χ0n) is 17.5. The van der Waals surface area contributed by atoms with Gasteiger partial charge in [0.25, 0.3) is 11.8 Å². The molecule has 0 aliphatic heterocycles. The summed E-state index contributed by atoms with van der Waals surface area (Å²) >= 11 is 11.8. The minimum atomic E-state index is -0.384. The highest BCUT2D eigenvalue weighted by Crippen LogP contribution is 2.21. The van der Waals surface area contributed by atoms with E-state index in [2.05, 4.69) is 15.8 Å². The Morgan fingerprint density at radius 2 is 1.53 bits per heavy atom. The largest absolute Gasteiger partial charge is 0.483 e. The van der Waals surface area contributed by atoms with Gasteiger partial charge in [-0.25, -0.2) is 5.43 Å². The summed E-state index contributed by atoms with van der Waals surface area (Å²) in [6.07, 6.45) is 0. The van der Waals surface area contributed by atoms with Crippen LogP contribution in [-0.4, -0.2) is 24.1 Å². The summed E-state index contributed by atoms with van der Waals surface area (Å²) in [5.41, 5.74) is 5.86. The molecule has 8 heteroatoms. The Morgan fingerprint density at radius 1 is 0.906 bits per heavy atom. The number of nitrogens with zero attached hydrogens (tertiary/aromatic N) is 1. The maximum atomic E-state index is 12.3. The molecular weight excluding hydrogens is 449 g/mol. The van der Waals surface area contributed by atoms with Crippen LogP contribution in [0, 0.1) is 6.92 Å². The topological polar surface area (TPSA) is 79.8 Å². The van der Waals surface area contributed by atoms with Crippen LogP contribution in [0.2, 0.25) is 10.0 Å². The second kappa shape index (κ2) is 10.8. The highest BCUT2D eigenvalue weighted by molar-refractivity contribution is 6.31. The summed E-state index contributed by atoms with van der Waals surface area (Å²) in [5, 5.41) is 8.10. The number of hydrazone groups is 1. The lowest BCUT2D eigenvalue weighted by molar-refractivity contribution is -0.123. The minimum Gasteiger partial charge on any atom is -0.483 e. The van der Waals surface area contributed by atoms with E-state index in [1.807, 2.05) is 6.92 Å². The van der Waals surface area contributed by atoms with Gasteiger partial charge in [0.1, 0.15) is 5.75 Å². The van der Waals surface area contributed by atoms with E-state index in [1.165, 1.54) is 0 Å². The fourth-order valence-electron chi connectivity index (χ4n) is 2.76. The number of anilines is 1. The number of halogens is 2. The SMILES string of the molecule is C/C(=N/NC(=O)COc1ccc(Cl)cc1C)c1ccc(NC(=O)c2ccc(Cl)cc2)cc1. The standard InChI is InChI=1S/C24H21Cl2N3O3/c1-15-13-20(26)9-12-22(15)32-14-23(30)29-28-16(2)17-5-10-21(11-6-17)27-24(31)18-3-7-19(25)8-4-18/h3-13H,14H2,1-2H3,(H,27,31)(H,29,30)/b28-16-. The van der Waals surface area contributed by atoms with Crippen LogP contribution in [0.25, 0.3) is 0 Å². The summed E-state index contributed by atoms with van der Waals surface area (Å²) in [5.74, 6) is -0.0324. The summed E-state index contributed by atoms with van der Waals surface area (Å²) in [4.78, 5) is 24.3. The zero-order valence-corrected chi connectivity index (χ0v) is 19.0. The van der Waals surface area contributed by atoms with Gasteiger partial charge in [0, 0.05) is 21.3 Å². The number of hydrogen-bond acceptors (Lipinski definition) is 4. The first-order chi connectivity index (χ1) is 15.3. The number of hydrogen-bond donors (Lipinski definition) is 2. The lowest BCUT2D eigenvalue weighted by Gasteiger charge is -2.09. The Balaban J connectivity index is 1.52. The van der Waals surface area contributed by atoms with Crippen LogP contribution in [0.5, 0.6) is 5.75 Å². The molecule has 0 saturated heterocycles. The highest BCUT2D eigenvalue weighted by atomic mass is 35.5. The molecule has 0 saturated carbocycles. The van der Waals surface area contributed by atoms with Crippen molar-refractivity contribution in [1.82, 2.24) is 5.43 Å². The summed E-state index contributed by atoms with van der Waals surface area (Å²) in [6.45, 7) is 3.45. The average molecular weight is 470 g/mol. The Bertz CT molecular complexity index is 1140. The van der Waals surface area contributed by atoms with Crippen molar-refractivity contribution in [3.63, 3.8) is 0 Å². The molecule has 6 nitrogen and oxygen atoms in total. The Kier molecular flexibility index (Phi) is 7.87. The average Bonchev–Trinajstić information content (AvgIpc) is 2.77. The van der Waals surface area contributed by atoms with Gasteiger partial charge >= 0.3 is 0 Å². The maximum absolute atomic E-state index is 12.3. The van der Waals surface area contributed by atoms with Crippen LogP contribution >= 0.6 is 23.2 Å². The van der Waals surface area contributed by atoms with Crippen molar-refractivity contribution in [3.05, 3.63) is 93.5 Å². The summed E-state index contributed by atoms with van der Waals surface area (Å²) < 4.78 is 5.50. The van der Waals surface area contributed by atoms with Crippen molar-refractivity contribution in [2.75, 3.05) is 11.9 Å². The molecule has 3 aromatic rings. The molecule has 0 bridgehead atoms. The van der Waals surface area contributed by atoms with Crippen LogP contribution in [0.3, 0.4) is 0 Å². The van der Waals surface area contributed by atoms with Gasteiger partial charge in [-0.15, -0.1) is 0 Å². The molecular formula is C24H21Cl2N3O3. The minimum absolute atomic E-state index is 0.172. The molecule has 0 unspecified atom stereocenters. The van der Waals surface area contributed by atoms with Crippen molar-refractivity contribution >= 4 is 46.4 Å². The van der Waals surface area contributed by atoms with Crippen LogP contribution in [-0.2, 0) is 4.79 Å². The van der Waals surface area contributed by atoms with E-state index in [4.69, 9.17) is 27.9 Å². The maximum Gasteiger partial charge on any atom is 0.277 e. The molecule has 3 rings (SSSR count). The number of benzene rings is 3. The highest BCUT2D eigenvalue weighted by Gasteiger charge is 2.08. The van der Waals surface area contributed by atoms with Gasteiger partial charge in [-0.2, -0.15) is 5.10 Å². The normalized spacial score (nSPS) is 11.1. The predicted octanol–water partition coefficient (Wildman–Crippen LogP) is 5.47. The molecule has 0 radical (unpaired) electrons. The third-order valence-electron chi connectivity index (χ3n) is 4.51. The van der Waals surface area contributed by atoms with E-state index >= 15 is 0 Å². The van der Waals surface area contributed by atoms with Crippen LogP contribution in [0.15, 0.2) is 71.8 Å². The lowest BCUT2D eigenvalue weighted by atomic mass is 10.1. The van der Waals surface area contributed by atoms with Crippen LogP contribution in [0.4, 0.5) is 5.69 Å². The summed E-state index contributed by atoms with van der Waals surface area (Å²) in [6, 6.07) is 18.9. The molecule has 32 heavy (non-hydrogen) atoms. The molecule has 0 heterocycles. The number of rotatable bonds is 7. The van der Waals surface area contributed by atoms with Crippen molar-refractivity contribution < 1.29 is 14.3 Å². The second-order valence-electron chi connectivity index (χ2n) is 6.97. The first-order valence-electron chi connectivity index (χ1n) is 9.71. The molecule has 3 aromatic carbocycles. The fourth-order valence-corrected chi connectivity index (χ4v) is 3.11. The second-order valence-corrected chi connectivity index (χ2v) is 7.84. The van der Waals surface area contributed by atoms with Crippen molar-refractivity contribution in [2.24, 2.45) is 5.10 Å². The molecule has 2 N–H and O–H groups in total. The number of amides is 2. The Labute approximate surface area is 196 Å². The quantitative estimate of drug-likeness (QED) is 0.355. The third kappa shape index (κ3) is 6.57. The van der Waals surface area contributed by atoms with Gasteiger partial charge in [0.15, 0.2) is 6.61 Å². The Morgan fingerprint density at radius 3 is 2.19 bits per heavy atom. The number of nitrogens with one attached hydrogen (secondary N) is 2. The molecule has 0 atom stereocenters. The van der Waals surface area contributed by atoms with Crippen molar-refractivity contribution in [3.8, 4) is 5.75 Å². The molecule has 2 amide bonds. The van der Waals surface area contributed by atoms with Gasteiger partial charge in [0.2, 0.25) is 0 Å². The summed E-state index contributed by atoms with van der Waals surface area (Å²) in [7, 11) is 0. The lowest BCUT2D eigenvalue weighted by Crippen LogP contribution is -2.25. The first-order valence-corrected chi connectivity index (χ1v) is 10.5. The van der Waals surface area contributed by atoms with Gasteiger partial charge in [-0.1, -0.05) is 35.3 Å². The van der Waals surface area contributed by atoms with E-state index in [1.54, 1.807) is 73.7 Å². The van der Waals surface area contributed by atoms with Crippen molar-refractivity contribution in [2.45, 2.75) is 13.8 Å². The van der Waals surface area contributed by atoms with Gasteiger partial charge < -0.3 is 10.1 Å². The first kappa shape index (κ1) is 23.3. The predicted molar refractivity (Wildman–Crippen MR) is 128 cm³/mol. The molecule has 0 aromatic heterocycles. The number of aryl methyl sites for hydroxylation is 1. The fraction of sp³-hybridized carbons (Fsp3) is 0.125. The zero-order chi connectivity index (χ0) is 23.1. The molecule has 0 spiro atoms. The van der Waals surface area contributed by atoms with Crippen LogP contribution < -0.4 is 15.5 Å². The number of carbonyl (C=O) groups excluding carboxylic acids is 2. The van der Waals surface area contributed by atoms with E-state index < -0.39 is 0 Å². The molecule has 0 aliphatic rings. The molecule has 0 aliphatic carbocycles. The van der Waals surface area contributed by atoms with E-state index in [0.717, 1.165) is 11.1 Å². The monoisotopic (exact) mass is 469 g/mol. The van der Waals surface area contributed by atoms with Crippen LogP contribution in [0.1, 0.15) is 28.4 Å². The van der Waals surface area contributed by atoms with Gasteiger partial charge in [0.05, 0.1) is 5.71 Å².